The number of likely N-dealkylation sites (tertiary alicyclic amines) is 1. The van der Waals surface area contributed by atoms with Gasteiger partial charge in [-0.05, 0) is 23.6 Å². The predicted molar refractivity (Wildman–Crippen MR) is 92.6 cm³/mol. The molecule has 3 rings (SSSR count). The highest BCUT2D eigenvalue weighted by Crippen LogP contribution is 2.17. The number of carbonyl (C=O) groups is 2. The minimum Gasteiger partial charge on any atom is -0.465 e. The van der Waals surface area contributed by atoms with Crippen LogP contribution in [0.25, 0.3) is 0 Å². The first-order valence-corrected chi connectivity index (χ1v) is 8.25. The Bertz CT molecular complexity index is 899. The summed E-state index contributed by atoms with van der Waals surface area (Å²) in [4.78, 5) is 38.7. The van der Waals surface area contributed by atoms with Gasteiger partial charge in [0.15, 0.2) is 0 Å². The van der Waals surface area contributed by atoms with Gasteiger partial charge >= 0.3 is 5.97 Å². The van der Waals surface area contributed by atoms with E-state index in [1.807, 2.05) is 6.92 Å². The van der Waals surface area contributed by atoms with Gasteiger partial charge < -0.3 is 14.2 Å². The Morgan fingerprint density at radius 3 is 2.35 bits per heavy atom. The molecule has 0 unspecified atom stereocenters. The van der Waals surface area contributed by atoms with E-state index in [1.54, 1.807) is 21.6 Å². The van der Waals surface area contributed by atoms with Crippen LogP contribution in [-0.4, -0.2) is 41.5 Å². The summed E-state index contributed by atoms with van der Waals surface area (Å²) in [6.07, 6.45) is 2.79. The van der Waals surface area contributed by atoms with Crippen molar-refractivity contribution in [3.8, 4) is 0 Å². The fourth-order valence-electron chi connectivity index (χ4n) is 2.97. The van der Waals surface area contributed by atoms with Crippen LogP contribution in [0.2, 0.25) is 0 Å². The molecule has 26 heavy (non-hydrogen) atoms. The summed E-state index contributed by atoms with van der Waals surface area (Å²) in [5.41, 5.74) is -0.144. The van der Waals surface area contributed by atoms with E-state index in [9.17, 15) is 18.8 Å². The molecule has 1 fully saturated rings. The summed E-state index contributed by atoms with van der Waals surface area (Å²) in [6.45, 7) is 3.46. The van der Waals surface area contributed by atoms with Gasteiger partial charge in [0.05, 0.1) is 7.11 Å². The molecule has 1 aromatic heterocycles. The third-order valence-corrected chi connectivity index (χ3v) is 4.34. The van der Waals surface area contributed by atoms with Crippen molar-refractivity contribution in [2.45, 2.75) is 13.5 Å². The van der Waals surface area contributed by atoms with Crippen molar-refractivity contribution in [2.75, 3.05) is 20.2 Å². The second kappa shape index (κ2) is 7.11. The molecule has 0 radical (unpaired) electrons. The van der Waals surface area contributed by atoms with Crippen molar-refractivity contribution in [2.24, 2.45) is 5.92 Å². The Hall–Kier alpha value is -2.96. The van der Waals surface area contributed by atoms with E-state index in [0.717, 1.165) is 5.56 Å². The highest BCUT2D eigenvalue weighted by atomic mass is 19.1. The SMILES string of the molecule is COC(=O)c1cn(Cc2ccc(F)cc2)cc(C(=O)N2CC(C)C2)c1=O. The fraction of sp³-hybridized carbons (Fsp3) is 0.316. The summed E-state index contributed by atoms with van der Waals surface area (Å²) in [5, 5.41) is 0. The molecule has 1 saturated heterocycles. The Labute approximate surface area is 149 Å². The van der Waals surface area contributed by atoms with Crippen LogP contribution < -0.4 is 5.43 Å². The van der Waals surface area contributed by atoms with Gasteiger partial charge in [-0.15, -0.1) is 0 Å². The van der Waals surface area contributed by atoms with Crippen molar-refractivity contribution in [1.29, 1.82) is 0 Å². The number of methoxy groups -OCH3 is 1. The highest BCUT2D eigenvalue weighted by molar-refractivity contribution is 5.97. The molecule has 6 nitrogen and oxygen atoms in total. The second-order valence-corrected chi connectivity index (χ2v) is 6.52. The average Bonchev–Trinajstić information content (AvgIpc) is 2.61. The Kier molecular flexibility index (Phi) is 4.88. The number of hydrogen-bond donors (Lipinski definition) is 0. The van der Waals surface area contributed by atoms with Gasteiger partial charge in [0.1, 0.15) is 16.9 Å². The first-order valence-electron chi connectivity index (χ1n) is 8.25. The Balaban J connectivity index is 1.99. The highest BCUT2D eigenvalue weighted by Gasteiger charge is 2.30. The van der Waals surface area contributed by atoms with Gasteiger partial charge in [0, 0.05) is 32.0 Å². The molecular weight excluding hydrogens is 339 g/mol. The summed E-state index contributed by atoms with van der Waals surface area (Å²) < 4.78 is 19.3. The number of rotatable bonds is 4. The van der Waals surface area contributed by atoms with E-state index < -0.39 is 17.3 Å². The molecule has 1 amide bonds. The first-order chi connectivity index (χ1) is 12.4. The van der Waals surface area contributed by atoms with Crippen molar-refractivity contribution in [3.63, 3.8) is 0 Å². The van der Waals surface area contributed by atoms with Gasteiger partial charge in [-0.1, -0.05) is 19.1 Å². The summed E-state index contributed by atoms with van der Waals surface area (Å²) in [5.74, 6) is -1.16. The number of benzene rings is 1. The molecule has 0 atom stereocenters. The number of aromatic nitrogens is 1. The zero-order valence-corrected chi connectivity index (χ0v) is 14.6. The van der Waals surface area contributed by atoms with E-state index >= 15 is 0 Å². The lowest BCUT2D eigenvalue weighted by Gasteiger charge is -2.37. The second-order valence-electron chi connectivity index (χ2n) is 6.52. The van der Waals surface area contributed by atoms with Crippen LogP contribution in [0.4, 0.5) is 4.39 Å². The third kappa shape index (κ3) is 3.51. The number of hydrogen-bond acceptors (Lipinski definition) is 4. The van der Waals surface area contributed by atoms with Gasteiger partial charge in [0.25, 0.3) is 5.91 Å². The Morgan fingerprint density at radius 1 is 1.15 bits per heavy atom. The number of halogens is 1. The predicted octanol–water partition coefficient (Wildman–Crippen LogP) is 1.91. The first kappa shape index (κ1) is 17.8. The maximum atomic E-state index is 13.1. The largest absolute Gasteiger partial charge is 0.465 e. The molecule has 1 aliphatic heterocycles. The summed E-state index contributed by atoms with van der Waals surface area (Å²) in [6, 6.07) is 5.85. The topological polar surface area (TPSA) is 68.6 Å². The van der Waals surface area contributed by atoms with Crippen molar-refractivity contribution in [3.05, 3.63) is 69.4 Å². The lowest BCUT2D eigenvalue weighted by atomic mass is 10.0. The molecule has 0 bridgehead atoms. The van der Waals surface area contributed by atoms with E-state index in [2.05, 4.69) is 4.74 Å². The van der Waals surface area contributed by atoms with E-state index in [0.29, 0.717) is 19.0 Å². The standard InChI is InChI=1S/C19H19FN2O4/c1-12-7-22(8-12)18(24)15-10-21(9-13-3-5-14(20)6-4-13)11-16(17(15)23)19(25)26-2/h3-6,10-12H,7-9H2,1-2H3. The number of pyridine rings is 1. The Morgan fingerprint density at radius 2 is 1.77 bits per heavy atom. The minimum atomic E-state index is -0.797. The fourth-order valence-corrected chi connectivity index (χ4v) is 2.97. The van der Waals surface area contributed by atoms with E-state index in [1.165, 1.54) is 31.6 Å². The zero-order valence-electron chi connectivity index (χ0n) is 14.6. The zero-order chi connectivity index (χ0) is 18.8. The molecule has 2 heterocycles. The van der Waals surface area contributed by atoms with Gasteiger partial charge in [-0.2, -0.15) is 0 Å². The number of amides is 1. The molecule has 0 N–H and O–H groups in total. The van der Waals surface area contributed by atoms with E-state index in [-0.39, 0.29) is 23.5 Å². The molecule has 0 spiro atoms. The lowest BCUT2D eigenvalue weighted by Crippen LogP contribution is -2.50. The van der Waals surface area contributed by atoms with Crippen LogP contribution in [0, 0.1) is 11.7 Å². The van der Waals surface area contributed by atoms with Crippen LogP contribution in [0.3, 0.4) is 0 Å². The minimum absolute atomic E-state index is 0.0677. The average molecular weight is 358 g/mol. The number of nitrogens with zero attached hydrogens (tertiary/aromatic N) is 2. The van der Waals surface area contributed by atoms with Gasteiger partial charge in [0.2, 0.25) is 5.43 Å². The van der Waals surface area contributed by atoms with Crippen LogP contribution >= 0.6 is 0 Å². The molecule has 2 aromatic rings. The van der Waals surface area contributed by atoms with Crippen LogP contribution in [-0.2, 0) is 11.3 Å². The molecule has 136 valence electrons. The van der Waals surface area contributed by atoms with Crippen molar-refractivity contribution >= 4 is 11.9 Å². The van der Waals surface area contributed by atoms with Crippen LogP contribution in [0.5, 0.6) is 0 Å². The molecule has 0 saturated carbocycles. The van der Waals surface area contributed by atoms with Crippen LogP contribution in [0.1, 0.15) is 33.2 Å². The monoisotopic (exact) mass is 358 g/mol. The van der Waals surface area contributed by atoms with Gasteiger partial charge in [-0.3, -0.25) is 9.59 Å². The number of ether oxygens (including phenoxy) is 1. The smallest absolute Gasteiger partial charge is 0.343 e. The third-order valence-electron chi connectivity index (χ3n) is 4.34. The normalized spacial score (nSPS) is 14.0. The van der Waals surface area contributed by atoms with Crippen LogP contribution in [0.15, 0.2) is 41.5 Å². The van der Waals surface area contributed by atoms with Crippen molar-refractivity contribution < 1.29 is 18.7 Å². The van der Waals surface area contributed by atoms with E-state index in [4.69, 9.17) is 0 Å². The molecule has 7 heteroatoms. The van der Waals surface area contributed by atoms with Crippen molar-refractivity contribution in [1.82, 2.24) is 9.47 Å². The number of esters is 1. The van der Waals surface area contributed by atoms with Gasteiger partial charge in [-0.25, -0.2) is 9.18 Å². The molecule has 1 aromatic carbocycles. The summed E-state index contributed by atoms with van der Waals surface area (Å²) >= 11 is 0. The number of carbonyl (C=O) groups excluding carboxylic acids is 2. The molecule has 0 aliphatic carbocycles. The lowest BCUT2D eigenvalue weighted by molar-refractivity contribution is 0.0527. The molecular formula is C19H19FN2O4. The maximum absolute atomic E-state index is 13.1. The maximum Gasteiger partial charge on any atom is 0.343 e. The summed E-state index contributed by atoms with van der Waals surface area (Å²) in [7, 11) is 1.18. The molecule has 1 aliphatic rings. The quantitative estimate of drug-likeness (QED) is 0.783.